The molecule has 9 heteroatoms. The van der Waals surface area contributed by atoms with Crippen LogP contribution in [-0.4, -0.2) is 70.2 Å². The molecule has 194 valence electrons. The van der Waals surface area contributed by atoms with Crippen LogP contribution >= 0.6 is 11.6 Å². The lowest BCUT2D eigenvalue weighted by molar-refractivity contribution is -0.116. The third-order valence-corrected chi connectivity index (χ3v) is 6.89. The van der Waals surface area contributed by atoms with E-state index in [2.05, 4.69) is 26.5 Å². The van der Waals surface area contributed by atoms with Crippen LogP contribution in [0, 0.1) is 0 Å². The van der Waals surface area contributed by atoms with Gasteiger partial charge in [0.05, 0.1) is 24.5 Å². The second kappa shape index (κ2) is 12.8. The van der Waals surface area contributed by atoms with Gasteiger partial charge in [0.1, 0.15) is 5.75 Å². The Hall–Kier alpha value is -2.97. The van der Waals surface area contributed by atoms with Crippen molar-refractivity contribution in [2.75, 3.05) is 67.4 Å². The molecule has 2 amide bonds. The van der Waals surface area contributed by atoms with E-state index < -0.39 is 0 Å². The third kappa shape index (κ3) is 6.62. The number of nitrogens with zero attached hydrogens (tertiary/aromatic N) is 2. The summed E-state index contributed by atoms with van der Waals surface area (Å²) < 4.78 is 11.2. The number of alkyl halides is 1. The molecule has 0 aromatic heterocycles. The van der Waals surface area contributed by atoms with Crippen molar-refractivity contribution >= 4 is 40.5 Å². The predicted molar refractivity (Wildman–Crippen MR) is 144 cm³/mol. The Balaban J connectivity index is 1.49. The van der Waals surface area contributed by atoms with Gasteiger partial charge in [-0.15, -0.1) is 11.6 Å². The highest BCUT2D eigenvalue weighted by atomic mass is 35.5. The SMILES string of the molecule is COc1ccccc1N1CCN(c2ccc(NC(=O)CCCCl)cc2C(=O)NCC2CCCO2)CC1. The van der Waals surface area contributed by atoms with E-state index >= 15 is 0 Å². The van der Waals surface area contributed by atoms with Crippen molar-refractivity contribution in [3.8, 4) is 5.75 Å². The second-order valence-electron chi connectivity index (χ2n) is 9.06. The number of piperazine rings is 1. The van der Waals surface area contributed by atoms with Crippen LogP contribution in [0.2, 0.25) is 0 Å². The van der Waals surface area contributed by atoms with Gasteiger partial charge in [0.2, 0.25) is 5.91 Å². The number of methoxy groups -OCH3 is 1. The van der Waals surface area contributed by atoms with Gasteiger partial charge in [-0.2, -0.15) is 0 Å². The number of nitrogens with one attached hydrogen (secondary N) is 2. The molecule has 36 heavy (non-hydrogen) atoms. The molecule has 8 nitrogen and oxygen atoms in total. The topological polar surface area (TPSA) is 83.1 Å². The van der Waals surface area contributed by atoms with Gasteiger partial charge in [-0.05, 0) is 49.6 Å². The van der Waals surface area contributed by atoms with Gasteiger partial charge in [-0.3, -0.25) is 9.59 Å². The molecule has 2 heterocycles. The maximum Gasteiger partial charge on any atom is 0.253 e. The van der Waals surface area contributed by atoms with Gasteiger partial charge in [0.15, 0.2) is 0 Å². The molecule has 2 aliphatic heterocycles. The van der Waals surface area contributed by atoms with E-state index in [1.165, 1.54) is 0 Å². The van der Waals surface area contributed by atoms with E-state index in [1.54, 1.807) is 13.2 Å². The highest BCUT2D eigenvalue weighted by Gasteiger charge is 2.24. The summed E-state index contributed by atoms with van der Waals surface area (Å²) in [5.74, 6) is 1.02. The number of rotatable bonds is 10. The lowest BCUT2D eigenvalue weighted by atomic mass is 10.1. The van der Waals surface area contributed by atoms with E-state index in [0.717, 1.165) is 62.8 Å². The summed E-state index contributed by atoms with van der Waals surface area (Å²) in [6.07, 6.45) is 2.98. The summed E-state index contributed by atoms with van der Waals surface area (Å²) >= 11 is 5.72. The van der Waals surface area contributed by atoms with Crippen LogP contribution < -0.4 is 25.2 Å². The van der Waals surface area contributed by atoms with Gasteiger partial charge in [0.25, 0.3) is 5.91 Å². The van der Waals surface area contributed by atoms with E-state index in [9.17, 15) is 9.59 Å². The largest absolute Gasteiger partial charge is 0.495 e. The number of amides is 2. The van der Waals surface area contributed by atoms with Crippen LogP contribution in [0.15, 0.2) is 42.5 Å². The lowest BCUT2D eigenvalue weighted by Gasteiger charge is -2.38. The summed E-state index contributed by atoms with van der Waals surface area (Å²) in [6.45, 7) is 4.33. The molecule has 0 spiro atoms. The minimum absolute atomic E-state index is 0.0558. The van der Waals surface area contributed by atoms with Gasteiger partial charge >= 0.3 is 0 Å². The molecule has 4 rings (SSSR count). The fourth-order valence-corrected chi connectivity index (χ4v) is 4.84. The molecule has 2 aromatic rings. The van der Waals surface area contributed by atoms with E-state index in [-0.39, 0.29) is 17.9 Å². The number of anilines is 3. The van der Waals surface area contributed by atoms with Crippen LogP contribution in [-0.2, 0) is 9.53 Å². The van der Waals surface area contributed by atoms with E-state index in [4.69, 9.17) is 21.1 Å². The number of carbonyl (C=O) groups excluding carboxylic acids is 2. The van der Waals surface area contributed by atoms with Crippen molar-refractivity contribution < 1.29 is 19.1 Å². The zero-order valence-corrected chi connectivity index (χ0v) is 21.6. The molecule has 2 aliphatic rings. The van der Waals surface area contributed by atoms with Crippen molar-refractivity contribution in [3.63, 3.8) is 0 Å². The zero-order chi connectivity index (χ0) is 25.3. The van der Waals surface area contributed by atoms with Gasteiger partial charge in [0, 0.05) is 63.0 Å². The Morgan fingerprint density at radius 2 is 1.83 bits per heavy atom. The molecule has 2 aromatic carbocycles. The van der Waals surface area contributed by atoms with Crippen LogP contribution in [0.4, 0.5) is 17.1 Å². The van der Waals surface area contributed by atoms with Crippen LogP contribution in [0.1, 0.15) is 36.0 Å². The predicted octanol–water partition coefficient (Wildman–Crippen LogP) is 3.89. The number of hydrogen-bond donors (Lipinski definition) is 2. The number of carbonyl (C=O) groups is 2. The molecular weight excluding hydrogens is 480 g/mol. The maximum absolute atomic E-state index is 13.3. The monoisotopic (exact) mass is 514 g/mol. The summed E-state index contributed by atoms with van der Waals surface area (Å²) in [7, 11) is 1.69. The molecule has 1 atom stereocenters. The van der Waals surface area contributed by atoms with Gasteiger partial charge < -0.3 is 29.9 Å². The number of para-hydroxylation sites is 2. The molecule has 2 fully saturated rings. The number of ether oxygens (including phenoxy) is 2. The molecule has 0 bridgehead atoms. The Morgan fingerprint density at radius 3 is 2.53 bits per heavy atom. The molecule has 0 saturated carbocycles. The van der Waals surface area contributed by atoms with E-state index in [1.807, 2.05) is 30.3 Å². The van der Waals surface area contributed by atoms with Crippen molar-refractivity contribution in [2.45, 2.75) is 31.8 Å². The van der Waals surface area contributed by atoms with Gasteiger partial charge in [-0.1, -0.05) is 12.1 Å². The smallest absolute Gasteiger partial charge is 0.253 e. The summed E-state index contributed by atoms with van der Waals surface area (Å²) in [5.41, 5.74) is 3.09. The summed E-state index contributed by atoms with van der Waals surface area (Å²) in [6, 6.07) is 13.6. The van der Waals surface area contributed by atoms with E-state index in [0.29, 0.717) is 36.5 Å². The van der Waals surface area contributed by atoms with Crippen molar-refractivity contribution in [1.82, 2.24) is 5.32 Å². The number of halogens is 1. The highest BCUT2D eigenvalue weighted by Crippen LogP contribution is 2.31. The standard InChI is InChI=1S/C27H35ClN4O4/c1-35-25-8-3-2-7-24(25)32-15-13-31(14-16-32)23-11-10-20(30-26(33)9-4-12-28)18-22(23)27(34)29-19-21-6-5-17-36-21/h2-3,7-8,10-11,18,21H,4-6,9,12-17,19H2,1H3,(H,29,34)(H,30,33). The Kier molecular flexibility index (Phi) is 9.30. The van der Waals surface area contributed by atoms with Crippen LogP contribution in [0.5, 0.6) is 5.75 Å². The first kappa shape index (κ1) is 26.1. The van der Waals surface area contributed by atoms with Crippen molar-refractivity contribution in [3.05, 3.63) is 48.0 Å². The molecule has 2 N–H and O–H groups in total. The first-order valence-electron chi connectivity index (χ1n) is 12.6. The molecule has 0 radical (unpaired) electrons. The Labute approximate surface area is 217 Å². The first-order valence-corrected chi connectivity index (χ1v) is 13.1. The summed E-state index contributed by atoms with van der Waals surface area (Å²) in [4.78, 5) is 30.1. The number of hydrogen-bond acceptors (Lipinski definition) is 6. The quantitative estimate of drug-likeness (QED) is 0.468. The first-order chi connectivity index (χ1) is 17.6. The number of benzene rings is 2. The maximum atomic E-state index is 13.3. The fourth-order valence-electron chi connectivity index (χ4n) is 4.71. The average molecular weight is 515 g/mol. The van der Waals surface area contributed by atoms with Crippen LogP contribution in [0.25, 0.3) is 0 Å². The van der Waals surface area contributed by atoms with Crippen LogP contribution in [0.3, 0.4) is 0 Å². The molecule has 2 saturated heterocycles. The lowest BCUT2D eigenvalue weighted by Crippen LogP contribution is -2.47. The van der Waals surface area contributed by atoms with Crippen molar-refractivity contribution in [2.24, 2.45) is 0 Å². The summed E-state index contributed by atoms with van der Waals surface area (Å²) in [5, 5.41) is 5.93. The highest BCUT2D eigenvalue weighted by molar-refractivity contribution is 6.18. The molecule has 1 unspecified atom stereocenters. The minimum atomic E-state index is -0.162. The average Bonchev–Trinajstić information content (AvgIpc) is 3.44. The second-order valence-corrected chi connectivity index (χ2v) is 9.44. The van der Waals surface area contributed by atoms with Gasteiger partial charge in [-0.25, -0.2) is 0 Å². The molecule has 0 aliphatic carbocycles. The third-order valence-electron chi connectivity index (χ3n) is 6.62. The fraction of sp³-hybridized carbons (Fsp3) is 0.481. The normalized spacial score (nSPS) is 17.7. The minimum Gasteiger partial charge on any atom is -0.495 e. The zero-order valence-electron chi connectivity index (χ0n) is 20.8. The Morgan fingerprint density at radius 1 is 1.08 bits per heavy atom. The van der Waals surface area contributed by atoms with Crippen molar-refractivity contribution in [1.29, 1.82) is 0 Å². The molecular formula is C27H35ClN4O4. The Bertz CT molecular complexity index is 1040.